The summed E-state index contributed by atoms with van der Waals surface area (Å²) >= 11 is 0. The smallest absolute Gasteiger partial charge is 0.225 e. The Morgan fingerprint density at radius 3 is 2.46 bits per heavy atom. The van der Waals surface area contributed by atoms with Gasteiger partial charge in [-0.05, 0) is 48.4 Å². The number of nitrogens with one attached hydrogen (secondary N) is 2. The Kier molecular flexibility index (Phi) is 4.94. The monoisotopic (exact) mass is 372 g/mol. The molecule has 1 amide bonds. The molecule has 0 aliphatic heterocycles. The zero-order valence-electron chi connectivity index (χ0n) is 15.6. The van der Waals surface area contributed by atoms with E-state index in [2.05, 4.69) is 40.6 Å². The number of carbonyl (C=O) groups excluding carboxylic acids is 1. The molecule has 4 aromatic rings. The number of amides is 1. The van der Waals surface area contributed by atoms with Crippen LogP contribution in [0.25, 0.3) is 10.9 Å². The number of H-pyrrole nitrogens is 1. The lowest BCUT2D eigenvalue weighted by molar-refractivity contribution is -0.116. The summed E-state index contributed by atoms with van der Waals surface area (Å²) < 4.78 is 13.1. The van der Waals surface area contributed by atoms with Gasteiger partial charge in [-0.15, -0.1) is 0 Å². The zero-order chi connectivity index (χ0) is 19.5. The molecule has 1 aromatic heterocycles. The Balaban J connectivity index is 1.66. The molecule has 0 bridgehead atoms. The molecule has 1 heterocycles. The number of halogens is 1. The van der Waals surface area contributed by atoms with Gasteiger partial charge in [0.25, 0.3) is 0 Å². The van der Waals surface area contributed by atoms with Crippen molar-refractivity contribution in [2.45, 2.75) is 19.3 Å². The number of aryl methyl sites for hydroxylation is 1. The van der Waals surface area contributed by atoms with E-state index in [0.29, 0.717) is 12.1 Å². The zero-order valence-corrected chi connectivity index (χ0v) is 15.6. The second-order valence-corrected chi connectivity index (χ2v) is 7.01. The third-order valence-corrected chi connectivity index (χ3v) is 4.99. The third-order valence-electron chi connectivity index (χ3n) is 4.99. The first-order valence-electron chi connectivity index (χ1n) is 9.28. The van der Waals surface area contributed by atoms with Crippen LogP contribution in [0.2, 0.25) is 0 Å². The van der Waals surface area contributed by atoms with Crippen molar-refractivity contribution >= 4 is 22.5 Å². The van der Waals surface area contributed by atoms with Crippen molar-refractivity contribution in [3.05, 3.63) is 102 Å². The van der Waals surface area contributed by atoms with E-state index in [4.69, 9.17) is 0 Å². The van der Waals surface area contributed by atoms with E-state index < -0.39 is 0 Å². The number of rotatable bonds is 5. The van der Waals surface area contributed by atoms with Crippen LogP contribution in [0.4, 0.5) is 10.1 Å². The fraction of sp³-hybridized carbons (Fsp3) is 0.125. The fourth-order valence-corrected chi connectivity index (χ4v) is 3.52. The van der Waals surface area contributed by atoms with E-state index >= 15 is 0 Å². The van der Waals surface area contributed by atoms with E-state index in [-0.39, 0.29) is 17.6 Å². The van der Waals surface area contributed by atoms with Crippen LogP contribution in [0.15, 0.2) is 79.0 Å². The number of aromatic amines is 1. The van der Waals surface area contributed by atoms with Gasteiger partial charge in [0.15, 0.2) is 0 Å². The summed E-state index contributed by atoms with van der Waals surface area (Å²) in [5.41, 5.74) is 5.00. The standard InChI is InChI=1S/C24H21FN2O/c1-16-6-8-17(9-7-16)21(22-15-26-23-5-3-2-4-20(22)23)14-24(28)27-19-12-10-18(25)11-13-19/h2-13,15,21,26H,14H2,1H3,(H,27,28). The molecule has 0 saturated heterocycles. The molecule has 4 rings (SSSR count). The molecule has 2 N–H and O–H groups in total. The Morgan fingerprint density at radius 1 is 1.00 bits per heavy atom. The van der Waals surface area contributed by atoms with Crippen LogP contribution in [-0.2, 0) is 4.79 Å². The maximum atomic E-state index is 13.1. The lowest BCUT2D eigenvalue weighted by Crippen LogP contribution is -2.16. The molecular formula is C24H21FN2O. The molecule has 1 unspecified atom stereocenters. The van der Waals surface area contributed by atoms with E-state index in [1.165, 1.54) is 17.7 Å². The summed E-state index contributed by atoms with van der Waals surface area (Å²) in [6.45, 7) is 2.05. The summed E-state index contributed by atoms with van der Waals surface area (Å²) in [7, 11) is 0. The number of aromatic nitrogens is 1. The van der Waals surface area contributed by atoms with Gasteiger partial charge in [-0.3, -0.25) is 4.79 Å². The van der Waals surface area contributed by atoms with Crippen molar-refractivity contribution in [1.29, 1.82) is 0 Å². The maximum Gasteiger partial charge on any atom is 0.225 e. The molecule has 3 nitrogen and oxygen atoms in total. The van der Waals surface area contributed by atoms with E-state index in [9.17, 15) is 9.18 Å². The lowest BCUT2D eigenvalue weighted by atomic mass is 9.87. The van der Waals surface area contributed by atoms with Gasteiger partial charge in [-0.1, -0.05) is 48.0 Å². The largest absolute Gasteiger partial charge is 0.361 e. The van der Waals surface area contributed by atoms with E-state index in [1.807, 2.05) is 31.3 Å². The van der Waals surface area contributed by atoms with Crippen LogP contribution in [0.5, 0.6) is 0 Å². The number of anilines is 1. The molecule has 3 aromatic carbocycles. The van der Waals surface area contributed by atoms with Crippen molar-refractivity contribution in [2.75, 3.05) is 5.32 Å². The van der Waals surface area contributed by atoms with Gasteiger partial charge in [-0.2, -0.15) is 0 Å². The van der Waals surface area contributed by atoms with Gasteiger partial charge < -0.3 is 10.3 Å². The predicted molar refractivity (Wildman–Crippen MR) is 111 cm³/mol. The second kappa shape index (κ2) is 7.69. The molecular weight excluding hydrogens is 351 g/mol. The van der Waals surface area contributed by atoms with Crippen LogP contribution in [0.3, 0.4) is 0 Å². The highest BCUT2D eigenvalue weighted by molar-refractivity contribution is 5.92. The lowest BCUT2D eigenvalue weighted by Gasteiger charge is -2.17. The van der Waals surface area contributed by atoms with Crippen LogP contribution in [-0.4, -0.2) is 10.9 Å². The first kappa shape index (κ1) is 18.0. The minimum atomic E-state index is -0.325. The molecule has 4 heteroatoms. The third kappa shape index (κ3) is 3.81. The molecule has 0 radical (unpaired) electrons. The SMILES string of the molecule is Cc1ccc(C(CC(=O)Nc2ccc(F)cc2)c2c[nH]c3ccccc23)cc1. The number of benzene rings is 3. The molecule has 0 fully saturated rings. The highest BCUT2D eigenvalue weighted by Crippen LogP contribution is 2.33. The van der Waals surface area contributed by atoms with Gasteiger partial charge in [0.2, 0.25) is 5.91 Å². The Labute approximate surface area is 163 Å². The highest BCUT2D eigenvalue weighted by Gasteiger charge is 2.21. The van der Waals surface area contributed by atoms with Gasteiger partial charge in [0.1, 0.15) is 5.82 Å². The molecule has 28 heavy (non-hydrogen) atoms. The van der Waals surface area contributed by atoms with Crippen LogP contribution in [0.1, 0.15) is 29.0 Å². The minimum Gasteiger partial charge on any atom is -0.361 e. The fourth-order valence-electron chi connectivity index (χ4n) is 3.52. The first-order valence-corrected chi connectivity index (χ1v) is 9.28. The summed E-state index contributed by atoms with van der Waals surface area (Å²) in [5.74, 6) is -0.519. The minimum absolute atomic E-state index is 0.0859. The van der Waals surface area contributed by atoms with Crippen molar-refractivity contribution < 1.29 is 9.18 Å². The van der Waals surface area contributed by atoms with Crippen molar-refractivity contribution in [3.8, 4) is 0 Å². The predicted octanol–water partition coefficient (Wildman–Crippen LogP) is 5.78. The Morgan fingerprint density at radius 2 is 1.71 bits per heavy atom. The average Bonchev–Trinajstić information content (AvgIpc) is 3.13. The highest BCUT2D eigenvalue weighted by atomic mass is 19.1. The normalized spacial score (nSPS) is 12.1. The second-order valence-electron chi connectivity index (χ2n) is 7.01. The number of hydrogen-bond acceptors (Lipinski definition) is 1. The van der Waals surface area contributed by atoms with Crippen molar-refractivity contribution in [1.82, 2.24) is 4.98 Å². The summed E-state index contributed by atoms with van der Waals surface area (Å²) in [6, 6.07) is 22.2. The number of carbonyl (C=O) groups is 1. The van der Waals surface area contributed by atoms with Crippen molar-refractivity contribution in [3.63, 3.8) is 0 Å². The topological polar surface area (TPSA) is 44.9 Å². The number of fused-ring (bicyclic) bond motifs is 1. The molecule has 0 aliphatic rings. The Bertz CT molecular complexity index is 1100. The van der Waals surface area contributed by atoms with E-state index in [0.717, 1.165) is 22.0 Å². The maximum absolute atomic E-state index is 13.1. The van der Waals surface area contributed by atoms with Crippen LogP contribution >= 0.6 is 0 Å². The summed E-state index contributed by atoms with van der Waals surface area (Å²) in [6.07, 6.45) is 2.28. The molecule has 0 aliphatic carbocycles. The van der Waals surface area contributed by atoms with Gasteiger partial charge in [0, 0.05) is 35.1 Å². The van der Waals surface area contributed by atoms with Gasteiger partial charge >= 0.3 is 0 Å². The number of hydrogen-bond donors (Lipinski definition) is 2. The molecule has 0 saturated carbocycles. The van der Waals surface area contributed by atoms with Gasteiger partial charge in [0.05, 0.1) is 0 Å². The molecule has 0 spiro atoms. The van der Waals surface area contributed by atoms with Crippen LogP contribution in [0, 0.1) is 12.7 Å². The van der Waals surface area contributed by atoms with E-state index in [1.54, 1.807) is 12.1 Å². The number of para-hydroxylation sites is 1. The van der Waals surface area contributed by atoms with Crippen LogP contribution < -0.4 is 5.32 Å². The van der Waals surface area contributed by atoms with Gasteiger partial charge in [-0.25, -0.2) is 4.39 Å². The average molecular weight is 372 g/mol. The summed E-state index contributed by atoms with van der Waals surface area (Å²) in [5, 5.41) is 3.99. The van der Waals surface area contributed by atoms with Crippen molar-refractivity contribution in [2.24, 2.45) is 0 Å². The molecule has 140 valence electrons. The molecule has 1 atom stereocenters. The quantitative estimate of drug-likeness (QED) is 0.458. The first-order chi connectivity index (χ1) is 13.6. The summed E-state index contributed by atoms with van der Waals surface area (Å²) in [4.78, 5) is 16.1. The Hall–Kier alpha value is -3.40.